The zero-order valence-corrected chi connectivity index (χ0v) is 23.6. The predicted molar refractivity (Wildman–Crippen MR) is 158 cm³/mol. The van der Waals surface area contributed by atoms with E-state index in [1.807, 2.05) is 0 Å². The quantitative estimate of drug-likeness (QED) is 0.219. The maximum absolute atomic E-state index is 13.0. The van der Waals surface area contributed by atoms with Crippen LogP contribution >= 0.6 is 0 Å². The molecule has 1 unspecified atom stereocenters. The van der Waals surface area contributed by atoms with Crippen LogP contribution in [-0.2, 0) is 14.3 Å². The second-order valence-electron chi connectivity index (χ2n) is 9.69. The first kappa shape index (κ1) is 30.2. The number of amides is 2. The lowest BCUT2D eigenvalue weighted by molar-refractivity contribution is -0.119. The fourth-order valence-corrected chi connectivity index (χ4v) is 4.45. The number of amidine groups is 1. The van der Waals surface area contributed by atoms with Crippen molar-refractivity contribution in [3.8, 4) is 5.75 Å². The highest BCUT2D eigenvalue weighted by Crippen LogP contribution is 2.31. The number of carbonyl (C=O) groups excluding carboxylic acids is 4. The van der Waals surface area contributed by atoms with Crippen LogP contribution in [0.5, 0.6) is 5.75 Å². The minimum atomic E-state index is -0.901. The number of carbonyl (C=O) groups is 4. The van der Waals surface area contributed by atoms with Crippen molar-refractivity contribution in [1.82, 2.24) is 5.32 Å². The number of hydrogen-bond acceptors (Lipinski definition) is 9. The Morgan fingerprint density at radius 1 is 0.952 bits per heavy atom. The summed E-state index contributed by atoms with van der Waals surface area (Å²) in [6, 6.07) is 11.9. The van der Waals surface area contributed by atoms with E-state index in [1.54, 1.807) is 43.3 Å². The molecule has 2 heterocycles. The van der Waals surface area contributed by atoms with E-state index in [0.29, 0.717) is 23.1 Å². The number of aliphatic imine (C=N–C) groups is 3. The molecular formula is C31H33N5O6. The van der Waals surface area contributed by atoms with Gasteiger partial charge in [-0.25, -0.2) is 14.6 Å². The van der Waals surface area contributed by atoms with Gasteiger partial charge in [0.15, 0.2) is 5.84 Å². The molecule has 0 bridgehead atoms. The van der Waals surface area contributed by atoms with E-state index >= 15 is 0 Å². The van der Waals surface area contributed by atoms with Gasteiger partial charge < -0.3 is 15.2 Å². The fraction of sp³-hybridized carbons (Fsp3) is 0.323. The lowest BCUT2D eigenvalue weighted by Gasteiger charge is -2.17. The number of ether oxygens (including phenoxy) is 2. The molecule has 0 saturated heterocycles. The van der Waals surface area contributed by atoms with E-state index in [4.69, 9.17) is 15.2 Å². The molecule has 0 saturated carbocycles. The van der Waals surface area contributed by atoms with Crippen LogP contribution in [0.3, 0.4) is 0 Å². The Bertz CT molecular complexity index is 1490. The van der Waals surface area contributed by atoms with Gasteiger partial charge in [0.2, 0.25) is 11.9 Å². The molecule has 11 nitrogen and oxygen atoms in total. The molecule has 2 aromatic carbocycles. The smallest absolute Gasteiger partial charge is 0.343 e. The highest BCUT2D eigenvalue weighted by molar-refractivity contribution is 6.35. The number of hydrogen-bond donors (Lipinski definition) is 2. The molecule has 4 rings (SSSR count). The molecule has 0 fully saturated rings. The highest BCUT2D eigenvalue weighted by atomic mass is 16.5. The average Bonchev–Trinajstić information content (AvgIpc) is 3.42. The molecular weight excluding hydrogens is 538 g/mol. The summed E-state index contributed by atoms with van der Waals surface area (Å²) in [5.74, 6) is -2.27. The van der Waals surface area contributed by atoms with Crippen LogP contribution in [-0.4, -0.2) is 48.4 Å². The number of fused-ring (bicyclic) bond motifs is 1. The van der Waals surface area contributed by atoms with Crippen LogP contribution in [0.15, 0.2) is 74.7 Å². The third-order valence-electron chi connectivity index (χ3n) is 6.64. The van der Waals surface area contributed by atoms with Gasteiger partial charge in [-0.15, -0.1) is 0 Å². The highest BCUT2D eigenvalue weighted by Gasteiger charge is 2.32. The number of benzene rings is 2. The normalized spacial score (nSPS) is 14.6. The molecule has 42 heavy (non-hydrogen) atoms. The third kappa shape index (κ3) is 7.29. The van der Waals surface area contributed by atoms with Crippen LogP contribution in [0.4, 0.5) is 0 Å². The van der Waals surface area contributed by atoms with Gasteiger partial charge >= 0.3 is 11.9 Å². The number of rotatable bonds is 12. The second kappa shape index (κ2) is 14.2. The Hall–Kier alpha value is -4.77. The maximum Gasteiger partial charge on any atom is 0.343 e. The van der Waals surface area contributed by atoms with Gasteiger partial charge in [-0.05, 0) is 43.2 Å². The predicted octanol–water partition coefficient (Wildman–Crippen LogP) is 4.23. The summed E-state index contributed by atoms with van der Waals surface area (Å²) in [5, 5.41) is 2.58. The molecule has 1 atom stereocenters. The molecule has 11 heteroatoms. The minimum absolute atomic E-state index is 0.00216. The van der Waals surface area contributed by atoms with Crippen LogP contribution in [0.2, 0.25) is 0 Å². The van der Waals surface area contributed by atoms with Crippen LogP contribution in [0.1, 0.15) is 84.7 Å². The van der Waals surface area contributed by atoms with Gasteiger partial charge in [-0.3, -0.25) is 14.9 Å². The van der Waals surface area contributed by atoms with E-state index in [-0.39, 0.29) is 41.2 Å². The SMILES string of the molecule is CCCCCCCC(=O)NC1=NC(=O)C2=C(C(N)c3ccc(OC(=O)c4ccccc4)c(C(=O)OCC)c3)C=NC2=N1. The first-order valence-electron chi connectivity index (χ1n) is 14.0. The van der Waals surface area contributed by atoms with Gasteiger partial charge in [0.25, 0.3) is 5.91 Å². The van der Waals surface area contributed by atoms with Gasteiger partial charge in [0, 0.05) is 18.2 Å². The monoisotopic (exact) mass is 571 g/mol. The Balaban J connectivity index is 1.52. The summed E-state index contributed by atoms with van der Waals surface area (Å²) in [7, 11) is 0. The van der Waals surface area contributed by atoms with Crippen molar-refractivity contribution >= 4 is 41.8 Å². The van der Waals surface area contributed by atoms with Crippen molar-refractivity contribution < 1.29 is 28.7 Å². The van der Waals surface area contributed by atoms with Crippen molar-refractivity contribution in [2.45, 2.75) is 58.4 Å². The molecule has 0 spiro atoms. The van der Waals surface area contributed by atoms with E-state index in [1.165, 1.54) is 18.3 Å². The average molecular weight is 572 g/mol. The van der Waals surface area contributed by atoms with Crippen molar-refractivity contribution in [2.24, 2.45) is 20.7 Å². The first-order chi connectivity index (χ1) is 20.3. The topological polar surface area (TPSA) is 162 Å². The molecule has 2 amide bonds. The molecule has 3 N–H and O–H groups in total. The summed E-state index contributed by atoms with van der Waals surface area (Å²) in [6.07, 6.45) is 6.73. The van der Waals surface area contributed by atoms with Crippen molar-refractivity contribution in [2.75, 3.05) is 6.61 Å². The zero-order valence-electron chi connectivity index (χ0n) is 23.6. The van der Waals surface area contributed by atoms with Gasteiger partial charge in [0.05, 0.1) is 23.8 Å². The molecule has 0 aliphatic carbocycles. The van der Waals surface area contributed by atoms with Crippen molar-refractivity contribution in [1.29, 1.82) is 0 Å². The van der Waals surface area contributed by atoms with Crippen molar-refractivity contribution in [3.63, 3.8) is 0 Å². The lowest BCUT2D eigenvalue weighted by atomic mass is 9.94. The number of nitrogens with one attached hydrogen (secondary N) is 1. The summed E-state index contributed by atoms with van der Waals surface area (Å²) in [6.45, 7) is 3.89. The Morgan fingerprint density at radius 3 is 2.45 bits per heavy atom. The Morgan fingerprint density at radius 2 is 1.71 bits per heavy atom. The number of guanidine groups is 1. The molecule has 2 aliphatic heterocycles. The summed E-state index contributed by atoms with van der Waals surface area (Å²) < 4.78 is 10.7. The maximum atomic E-state index is 13.0. The van der Waals surface area contributed by atoms with Crippen LogP contribution < -0.4 is 15.8 Å². The molecule has 2 aromatic rings. The number of nitrogens with zero attached hydrogens (tertiary/aromatic N) is 3. The van der Waals surface area contributed by atoms with E-state index in [2.05, 4.69) is 27.2 Å². The number of esters is 2. The third-order valence-corrected chi connectivity index (χ3v) is 6.64. The molecule has 0 radical (unpaired) electrons. The van der Waals surface area contributed by atoms with E-state index in [0.717, 1.165) is 32.1 Å². The Labute approximate surface area is 243 Å². The minimum Gasteiger partial charge on any atom is -0.462 e. The van der Waals surface area contributed by atoms with Gasteiger partial charge in [-0.2, -0.15) is 9.98 Å². The molecule has 0 aromatic heterocycles. The summed E-state index contributed by atoms with van der Waals surface area (Å²) in [5.41, 5.74) is 7.72. The molecule has 2 aliphatic rings. The second-order valence-corrected chi connectivity index (χ2v) is 9.69. The van der Waals surface area contributed by atoms with Crippen LogP contribution in [0.25, 0.3) is 0 Å². The van der Waals surface area contributed by atoms with Crippen LogP contribution in [0, 0.1) is 0 Å². The Kier molecular flexibility index (Phi) is 10.2. The van der Waals surface area contributed by atoms with E-state index in [9.17, 15) is 19.2 Å². The van der Waals surface area contributed by atoms with E-state index < -0.39 is 23.9 Å². The standard InChI is InChI=1S/C31H33N5O6/c1-3-5-6-7-11-14-24(37)34-31-35-27-25(28(38)36-31)22(18-33-27)26(32)20-15-16-23(21(17-20)30(40)41-4-2)42-29(39)19-12-9-8-10-13-19/h8-10,12-13,15-18,26H,3-7,11,14,32H2,1-2H3,(H,34,36,37,38). The summed E-state index contributed by atoms with van der Waals surface area (Å²) >= 11 is 0. The fourth-order valence-electron chi connectivity index (χ4n) is 4.45. The zero-order chi connectivity index (χ0) is 30.1. The lowest BCUT2D eigenvalue weighted by Crippen LogP contribution is -2.33. The molecule has 218 valence electrons. The number of unbranched alkanes of at least 4 members (excludes halogenated alkanes) is 4. The van der Waals surface area contributed by atoms with Crippen molar-refractivity contribution in [3.05, 3.63) is 76.4 Å². The van der Waals surface area contributed by atoms with Gasteiger partial charge in [-0.1, -0.05) is 56.9 Å². The largest absolute Gasteiger partial charge is 0.462 e. The van der Waals surface area contributed by atoms with Gasteiger partial charge in [0.1, 0.15) is 11.3 Å². The summed E-state index contributed by atoms with van der Waals surface area (Å²) in [4.78, 5) is 63.1. The first-order valence-corrected chi connectivity index (χ1v) is 14.0. The number of nitrogens with two attached hydrogens (primary N) is 1.